The van der Waals surface area contributed by atoms with Crippen LogP contribution in [0.5, 0.6) is 0 Å². The second kappa shape index (κ2) is 3.05. The summed E-state index contributed by atoms with van der Waals surface area (Å²) in [6, 6.07) is 1.71. The van der Waals surface area contributed by atoms with E-state index < -0.39 is 0 Å². The van der Waals surface area contributed by atoms with E-state index in [1.165, 1.54) is 4.68 Å². The molecule has 0 unspecified atom stereocenters. The SMILES string of the molecule is CNc1ccn(NC)c(=O)n1. The summed E-state index contributed by atoms with van der Waals surface area (Å²) < 4.78 is 1.29. The van der Waals surface area contributed by atoms with Crippen LogP contribution in [-0.4, -0.2) is 23.8 Å². The Balaban J connectivity index is 3.10. The minimum absolute atomic E-state index is 0.320. The molecule has 0 aromatic carbocycles. The van der Waals surface area contributed by atoms with Crippen LogP contribution in [0.15, 0.2) is 17.1 Å². The molecule has 60 valence electrons. The van der Waals surface area contributed by atoms with E-state index in [1.807, 2.05) is 0 Å². The standard InChI is InChI=1S/C6H10N4O/c1-7-5-3-4-10(8-2)6(11)9-5/h3-4,8H,1-2H3,(H,7,9,11). The molecular formula is C6H10N4O. The second-order valence-corrected chi connectivity index (χ2v) is 1.94. The summed E-state index contributed by atoms with van der Waals surface area (Å²) in [7, 11) is 3.37. The van der Waals surface area contributed by atoms with Gasteiger partial charge in [-0.3, -0.25) is 0 Å². The fourth-order valence-electron chi connectivity index (χ4n) is 0.712. The first-order valence-electron chi connectivity index (χ1n) is 3.23. The molecule has 5 nitrogen and oxygen atoms in total. The summed E-state index contributed by atoms with van der Waals surface area (Å²) in [4.78, 5) is 14.7. The quantitative estimate of drug-likeness (QED) is 0.600. The molecule has 0 aliphatic carbocycles. The third-order valence-electron chi connectivity index (χ3n) is 1.30. The lowest BCUT2D eigenvalue weighted by Gasteiger charge is -2.03. The van der Waals surface area contributed by atoms with Gasteiger partial charge in [-0.15, -0.1) is 0 Å². The normalized spacial score (nSPS) is 9.27. The summed E-state index contributed by atoms with van der Waals surface area (Å²) in [5.74, 6) is 0.571. The molecule has 0 saturated heterocycles. The molecule has 0 bridgehead atoms. The average molecular weight is 154 g/mol. The lowest BCUT2D eigenvalue weighted by Crippen LogP contribution is -2.28. The summed E-state index contributed by atoms with van der Waals surface area (Å²) in [6.07, 6.45) is 1.61. The Bertz CT molecular complexity index is 293. The highest BCUT2D eigenvalue weighted by atomic mass is 16.1. The predicted molar refractivity (Wildman–Crippen MR) is 43.3 cm³/mol. The monoisotopic (exact) mass is 154 g/mol. The van der Waals surface area contributed by atoms with Crippen molar-refractivity contribution in [2.45, 2.75) is 0 Å². The van der Waals surface area contributed by atoms with Crippen molar-refractivity contribution in [2.75, 3.05) is 24.8 Å². The molecule has 1 aromatic heterocycles. The molecule has 2 N–H and O–H groups in total. The van der Waals surface area contributed by atoms with Gasteiger partial charge in [-0.1, -0.05) is 0 Å². The Morgan fingerprint density at radius 2 is 2.27 bits per heavy atom. The summed E-state index contributed by atoms with van der Waals surface area (Å²) in [5, 5.41) is 2.77. The Labute approximate surface area is 64.0 Å². The molecule has 1 heterocycles. The van der Waals surface area contributed by atoms with Crippen molar-refractivity contribution in [3.63, 3.8) is 0 Å². The van der Waals surface area contributed by atoms with E-state index in [4.69, 9.17) is 0 Å². The molecule has 5 heteroatoms. The van der Waals surface area contributed by atoms with Crippen LogP contribution in [-0.2, 0) is 0 Å². The van der Waals surface area contributed by atoms with Gasteiger partial charge in [-0.2, -0.15) is 4.98 Å². The first kappa shape index (κ1) is 7.59. The smallest absolute Gasteiger partial charge is 0.367 e. The summed E-state index contributed by atoms with van der Waals surface area (Å²) in [6.45, 7) is 0. The molecule has 0 spiro atoms. The third-order valence-corrected chi connectivity index (χ3v) is 1.30. The van der Waals surface area contributed by atoms with Crippen LogP contribution >= 0.6 is 0 Å². The molecular weight excluding hydrogens is 144 g/mol. The Hall–Kier alpha value is -1.52. The van der Waals surface area contributed by atoms with Crippen molar-refractivity contribution in [1.29, 1.82) is 0 Å². The van der Waals surface area contributed by atoms with E-state index in [0.29, 0.717) is 5.82 Å². The van der Waals surface area contributed by atoms with Crippen LogP contribution in [0.3, 0.4) is 0 Å². The maximum atomic E-state index is 11.0. The predicted octanol–water partition coefficient (Wildman–Crippen LogP) is -0.542. The Morgan fingerprint density at radius 3 is 2.73 bits per heavy atom. The van der Waals surface area contributed by atoms with Gasteiger partial charge < -0.3 is 10.7 Å². The van der Waals surface area contributed by atoms with Crippen LogP contribution < -0.4 is 16.4 Å². The van der Waals surface area contributed by atoms with Crippen molar-refractivity contribution >= 4 is 5.82 Å². The fourth-order valence-corrected chi connectivity index (χ4v) is 0.712. The van der Waals surface area contributed by atoms with E-state index in [-0.39, 0.29) is 5.69 Å². The minimum Gasteiger partial charge on any atom is -0.373 e. The van der Waals surface area contributed by atoms with Crippen LogP contribution in [0.2, 0.25) is 0 Å². The topological polar surface area (TPSA) is 59.0 Å². The summed E-state index contributed by atoms with van der Waals surface area (Å²) >= 11 is 0. The lowest BCUT2D eigenvalue weighted by molar-refractivity contribution is 0.825. The number of anilines is 1. The van der Waals surface area contributed by atoms with Gasteiger partial charge >= 0.3 is 5.69 Å². The molecule has 11 heavy (non-hydrogen) atoms. The maximum absolute atomic E-state index is 11.0. The zero-order valence-corrected chi connectivity index (χ0v) is 6.46. The van der Waals surface area contributed by atoms with E-state index >= 15 is 0 Å². The van der Waals surface area contributed by atoms with Crippen LogP contribution in [0.4, 0.5) is 5.82 Å². The molecule has 0 aliphatic heterocycles. The van der Waals surface area contributed by atoms with Crippen LogP contribution in [0.25, 0.3) is 0 Å². The van der Waals surface area contributed by atoms with Crippen molar-refractivity contribution in [1.82, 2.24) is 9.66 Å². The van der Waals surface area contributed by atoms with Crippen molar-refractivity contribution in [3.8, 4) is 0 Å². The van der Waals surface area contributed by atoms with E-state index in [2.05, 4.69) is 15.7 Å². The zero-order chi connectivity index (χ0) is 8.27. The van der Waals surface area contributed by atoms with Gasteiger partial charge in [0.25, 0.3) is 0 Å². The lowest BCUT2D eigenvalue weighted by atomic mass is 10.6. The Kier molecular flexibility index (Phi) is 2.10. The first-order valence-corrected chi connectivity index (χ1v) is 3.23. The molecule has 1 rings (SSSR count). The van der Waals surface area contributed by atoms with Crippen molar-refractivity contribution < 1.29 is 0 Å². The maximum Gasteiger partial charge on any atom is 0.367 e. The number of hydrogen-bond donors (Lipinski definition) is 2. The third kappa shape index (κ3) is 1.49. The molecule has 0 atom stereocenters. The number of hydrogen-bond acceptors (Lipinski definition) is 4. The number of rotatable bonds is 2. The van der Waals surface area contributed by atoms with Gasteiger partial charge in [0, 0.05) is 20.3 Å². The van der Waals surface area contributed by atoms with Crippen LogP contribution in [0.1, 0.15) is 0 Å². The first-order chi connectivity index (χ1) is 5.27. The summed E-state index contributed by atoms with van der Waals surface area (Å²) in [5.41, 5.74) is 2.34. The number of nitrogens with one attached hydrogen (secondary N) is 2. The molecule has 1 aromatic rings. The highest BCUT2D eigenvalue weighted by Gasteiger charge is 1.94. The largest absolute Gasteiger partial charge is 0.373 e. The van der Waals surface area contributed by atoms with Gasteiger partial charge in [0.1, 0.15) is 5.82 Å². The number of nitrogens with zero attached hydrogens (tertiary/aromatic N) is 2. The molecule has 0 aliphatic rings. The zero-order valence-electron chi connectivity index (χ0n) is 6.46. The molecule has 0 saturated carbocycles. The number of aromatic nitrogens is 2. The molecule has 0 fully saturated rings. The average Bonchev–Trinajstić information content (AvgIpc) is 2.04. The van der Waals surface area contributed by atoms with Gasteiger partial charge in [-0.25, -0.2) is 9.47 Å². The highest BCUT2D eigenvalue weighted by Crippen LogP contribution is 1.92. The highest BCUT2D eigenvalue weighted by molar-refractivity contribution is 5.30. The molecule has 0 radical (unpaired) electrons. The second-order valence-electron chi connectivity index (χ2n) is 1.94. The van der Waals surface area contributed by atoms with E-state index in [9.17, 15) is 4.79 Å². The van der Waals surface area contributed by atoms with Crippen molar-refractivity contribution in [3.05, 3.63) is 22.7 Å². The van der Waals surface area contributed by atoms with Gasteiger partial charge in [0.2, 0.25) is 0 Å². The van der Waals surface area contributed by atoms with E-state index in [0.717, 1.165) is 0 Å². The van der Waals surface area contributed by atoms with Gasteiger partial charge in [0.05, 0.1) is 0 Å². The Morgan fingerprint density at radius 1 is 1.55 bits per heavy atom. The van der Waals surface area contributed by atoms with E-state index in [1.54, 1.807) is 26.4 Å². The molecule has 0 amide bonds. The van der Waals surface area contributed by atoms with Crippen LogP contribution in [0, 0.1) is 0 Å². The van der Waals surface area contributed by atoms with Gasteiger partial charge in [-0.05, 0) is 6.07 Å². The minimum atomic E-state index is -0.320. The fraction of sp³-hybridized carbons (Fsp3) is 0.333. The van der Waals surface area contributed by atoms with Crippen molar-refractivity contribution in [2.24, 2.45) is 0 Å². The van der Waals surface area contributed by atoms with Gasteiger partial charge in [0.15, 0.2) is 0 Å².